The van der Waals surface area contributed by atoms with Crippen molar-refractivity contribution in [3.05, 3.63) is 23.8 Å². The maximum absolute atomic E-state index is 13.2. The van der Waals surface area contributed by atoms with E-state index in [2.05, 4.69) is 10.6 Å². The highest BCUT2D eigenvalue weighted by Gasteiger charge is 2.33. The van der Waals surface area contributed by atoms with Gasteiger partial charge in [-0.3, -0.25) is 4.79 Å². The smallest absolute Gasteiger partial charge is 0.243 e. The molecule has 1 fully saturated rings. The lowest BCUT2D eigenvalue weighted by Crippen LogP contribution is -2.42. The van der Waals surface area contributed by atoms with Crippen LogP contribution in [0.15, 0.2) is 23.1 Å². The summed E-state index contributed by atoms with van der Waals surface area (Å²) in [7, 11) is -2.08. The minimum atomic E-state index is -3.61. The lowest BCUT2D eigenvalue weighted by atomic mass is 10.2. The van der Waals surface area contributed by atoms with Crippen LogP contribution in [0.2, 0.25) is 0 Å². The molecule has 0 radical (unpaired) electrons. The molecule has 1 amide bonds. The molecule has 7 nitrogen and oxygen atoms in total. The lowest BCUT2D eigenvalue weighted by molar-refractivity contribution is -0.120. The van der Waals surface area contributed by atoms with Crippen LogP contribution in [0, 0.1) is 0 Å². The maximum Gasteiger partial charge on any atom is 0.243 e. The van der Waals surface area contributed by atoms with E-state index in [1.54, 1.807) is 29.4 Å². The highest BCUT2D eigenvalue weighted by atomic mass is 35.5. The molecule has 2 rings (SSSR count). The second kappa shape index (κ2) is 10.8. The normalized spacial score (nSPS) is 16.8. The number of amides is 1. The molecule has 1 unspecified atom stereocenters. The second-order valence-electron chi connectivity index (χ2n) is 6.37. The first-order valence-electron chi connectivity index (χ1n) is 9.10. The summed E-state index contributed by atoms with van der Waals surface area (Å²) in [4.78, 5) is 11.8. The number of carbonyl (C=O) groups is 1. The number of ether oxygens (including phenoxy) is 1. The van der Waals surface area contributed by atoms with Crippen LogP contribution >= 0.6 is 12.4 Å². The molecule has 9 heteroatoms. The van der Waals surface area contributed by atoms with Crippen LogP contribution in [0.4, 0.5) is 0 Å². The van der Waals surface area contributed by atoms with Gasteiger partial charge < -0.3 is 15.4 Å². The average molecular weight is 420 g/mol. The number of methoxy groups -OCH3 is 1. The third-order valence-electron chi connectivity index (χ3n) is 4.54. The van der Waals surface area contributed by atoms with Crippen LogP contribution < -0.4 is 15.4 Å². The molecular formula is C18H30ClN3O4S. The van der Waals surface area contributed by atoms with E-state index in [1.165, 1.54) is 7.11 Å². The van der Waals surface area contributed by atoms with Crippen LogP contribution in [0.1, 0.15) is 38.7 Å². The minimum Gasteiger partial charge on any atom is -0.496 e. The fourth-order valence-electron chi connectivity index (χ4n) is 3.11. The van der Waals surface area contributed by atoms with Crippen molar-refractivity contribution >= 4 is 28.3 Å². The summed E-state index contributed by atoms with van der Waals surface area (Å²) in [5.74, 6) is 0.467. The van der Waals surface area contributed by atoms with Crippen molar-refractivity contribution in [1.82, 2.24) is 14.9 Å². The average Bonchev–Trinajstić information content (AvgIpc) is 3.17. The van der Waals surface area contributed by atoms with E-state index in [1.807, 2.05) is 6.92 Å². The number of benzene rings is 1. The van der Waals surface area contributed by atoms with E-state index in [-0.39, 0.29) is 35.8 Å². The summed E-state index contributed by atoms with van der Waals surface area (Å²) in [5.41, 5.74) is 0.649. The van der Waals surface area contributed by atoms with Crippen molar-refractivity contribution < 1.29 is 17.9 Å². The van der Waals surface area contributed by atoms with Gasteiger partial charge in [0.05, 0.1) is 12.0 Å². The standard InChI is InChI=1S/C18H29N3O4S.ClH/c1-4-10-21(15-8-9-19-13-15)26(23,24)16-6-7-17(25-3)14(11-16)12-20-18(22)5-2;/h6-7,11,15,19H,4-5,8-10,12-13H2,1-3H3,(H,20,22);1H. The summed E-state index contributed by atoms with van der Waals surface area (Å²) < 4.78 is 33.4. The van der Waals surface area contributed by atoms with Crippen molar-refractivity contribution in [2.45, 2.75) is 50.6 Å². The van der Waals surface area contributed by atoms with Gasteiger partial charge in [0.2, 0.25) is 15.9 Å². The molecular weight excluding hydrogens is 390 g/mol. The molecule has 0 spiro atoms. The second-order valence-corrected chi connectivity index (χ2v) is 8.26. The van der Waals surface area contributed by atoms with Crippen molar-refractivity contribution in [1.29, 1.82) is 0 Å². The summed E-state index contributed by atoms with van der Waals surface area (Å²) in [6, 6.07) is 4.81. The molecule has 0 saturated carbocycles. The first-order valence-corrected chi connectivity index (χ1v) is 10.5. The fourth-order valence-corrected chi connectivity index (χ4v) is 4.91. The minimum absolute atomic E-state index is 0. The van der Waals surface area contributed by atoms with Gasteiger partial charge in [0.15, 0.2) is 0 Å². The highest BCUT2D eigenvalue weighted by molar-refractivity contribution is 7.89. The molecule has 0 aromatic heterocycles. The number of nitrogens with zero attached hydrogens (tertiary/aromatic N) is 1. The Morgan fingerprint density at radius 1 is 1.37 bits per heavy atom. The fraction of sp³-hybridized carbons (Fsp3) is 0.611. The molecule has 1 heterocycles. The van der Waals surface area contributed by atoms with Crippen LogP contribution in [0.5, 0.6) is 5.75 Å². The summed E-state index contributed by atoms with van der Waals surface area (Å²) in [6.07, 6.45) is 1.94. The van der Waals surface area contributed by atoms with Gasteiger partial charge in [-0.1, -0.05) is 13.8 Å². The molecule has 1 saturated heterocycles. The zero-order valence-corrected chi connectivity index (χ0v) is 17.8. The Kier molecular flexibility index (Phi) is 9.52. The Bertz CT molecular complexity index is 721. The Balaban J connectivity index is 0.00000364. The quantitative estimate of drug-likeness (QED) is 0.638. The zero-order valence-electron chi connectivity index (χ0n) is 16.2. The van der Waals surface area contributed by atoms with Gasteiger partial charge in [-0.05, 0) is 37.6 Å². The molecule has 1 aliphatic rings. The first kappa shape index (κ1) is 23.7. The van der Waals surface area contributed by atoms with Crippen LogP contribution in [0.25, 0.3) is 0 Å². The molecule has 27 heavy (non-hydrogen) atoms. The molecule has 1 aromatic rings. The first-order chi connectivity index (χ1) is 12.4. The zero-order chi connectivity index (χ0) is 19.2. The van der Waals surface area contributed by atoms with E-state index in [0.717, 1.165) is 19.4 Å². The van der Waals surface area contributed by atoms with Crippen molar-refractivity contribution in [3.63, 3.8) is 0 Å². The van der Waals surface area contributed by atoms with Crippen LogP contribution in [0.3, 0.4) is 0 Å². The Morgan fingerprint density at radius 2 is 2.11 bits per heavy atom. The van der Waals surface area contributed by atoms with Gasteiger partial charge in [0, 0.05) is 37.7 Å². The van der Waals surface area contributed by atoms with E-state index < -0.39 is 10.0 Å². The van der Waals surface area contributed by atoms with E-state index >= 15 is 0 Å². The van der Waals surface area contributed by atoms with E-state index in [0.29, 0.717) is 30.8 Å². The number of halogens is 1. The number of sulfonamides is 1. The Morgan fingerprint density at radius 3 is 2.67 bits per heavy atom. The van der Waals surface area contributed by atoms with Gasteiger partial charge in [0.1, 0.15) is 5.75 Å². The molecule has 1 atom stereocenters. The molecule has 1 aliphatic heterocycles. The number of hydrogen-bond acceptors (Lipinski definition) is 5. The van der Waals surface area contributed by atoms with Crippen molar-refractivity contribution in [2.75, 3.05) is 26.7 Å². The van der Waals surface area contributed by atoms with E-state index in [9.17, 15) is 13.2 Å². The number of rotatable bonds is 9. The van der Waals surface area contributed by atoms with Gasteiger partial charge >= 0.3 is 0 Å². The molecule has 0 aliphatic carbocycles. The molecule has 2 N–H and O–H groups in total. The summed E-state index contributed by atoms with van der Waals surface area (Å²) in [5, 5.41) is 6.00. The number of carbonyl (C=O) groups excluding carboxylic acids is 1. The van der Waals surface area contributed by atoms with E-state index in [4.69, 9.17) is 4.74 Å². The van der Waals surface area contributed by atoms with Gasteiger partial charge in [0.25, 0.3) is 0 Å². The van der Waals surface area contributed by atoms with Crippen molar-refractivity contribution in [2.24, 2.45) is 0 Å². The largest absolute Gasteiger partial charge is 0.496 e. The summed E-state index contributed by atoms with van der Waals surface area (Å²) >= 11 is 0. The topological polar surface area (TPSA) is 87.7 Å². The Hall–Kier alpha value is -1.35. The van der Waals surface area contributed by atoms with Gasteiger partial charge in [-0.2, -0.15) is 4.31 Å². The van der Waals surface area contributed by atoms with Gasteiger partial charge in [-0.25, -0.2) is 8.42 Å². The number of hydrogen-bond donors (Lipinski definition) is 2. The predicted molar refractivity (Wildman–Crippen MR) is 108 cm³/mol. The highest BCUT2D eigenvalue weighted by Crippen LogP contribution is 2.27. The lowest BCUT2D eigenvalue weighted by Gasteiger charge is -2.27. The molecule has 154 valence electrons. The number of nitrogens with one attached hydrogen (secondary N) is 2. The third kappa shape index (κ3) is 5.81. The van der Waals surface area contributed by atoms with Crippen LogP contribution in [-0.2, 0) is 21.4 Å². The monoisotopic (exact) mass is 419 g/mol. The SMILES string of the molecule is CCCN(C1CCNC1)S(=O)(=O)c1ccc(OC)c(CNC(=O)CC)c1.Cl. The Labute approximate surface area is 168 Å². The van der Waals surface area contributed by atoms with Crippen LogP contribution in [-0.4, -0.2) is 51.4 Å². The van der Waals surface area contributed by atoms with Gasteiger partial charge in [-0.15, -0.1) is 12.4 Å². The molecule has 1 aromatic carbocycles. The third-order valence-corrected chi connectivity index (χ3v) is 6.49. The molecule has 0 bridgehead atoms. The maximum atomic E-state index is 13.2. The van der Waals surface area contributed by atoms with Crippen molar-refractivity contribution in [3.8, 4) is 5.75 Å². The summed E-state index contributed by atoms with van der Waals surface area (Å²) in [6.45, 7) is 5.98. The predicted octanol–water partition coefficient (Wildman–Crippen LogP) is 1.91.